The second kappa shape index (κ2) is 8.24. The highest BCUT2D eigenvalue weighted by Crippen LogP contribution is 2.30. The number of pyridine rings is 1. The number of imide groups is 1. The average Bonchev–Trinajstić information content (AvgIpc) is 3.08. The lowest BCUT2D eigenvalue weighted by Gasteiger charge is -2.13. The third-order valence-corrected chi connectivity index (χ3v) is 5.75. The van der Waals surface area contributed by atoms with Crippen molar-refractivity contribution in [2.75, 3.05) is 4.90 Å². The van der Waals surface area contributed by atoms with Gasteiger partial charge in [0, 0.05) is 17.3 Å². The van der Waals surface area contributed by atoms with Gasteiger partial charge in [0.1, 0.15) is 12.3 Å². The zero-order chi connectivity index (χ0) is 24.0. The van der Waals surface area contributed by atoms with Crippen molar-refractivity contribution >= 4 is 40.7 Å². The molecule has 0 spiro atoms. The molecule has 0 saturated carbocycles. The molecule has 1 aliphatic rings. The van der Waals surface area contributed by atoms with E-state index in [0.29, 0.717) is 22.1 Å². The van der Waals surface area contributed by atoms with Crippen LogP contribution in [-0.4, -0.2) is 27.2 Å². The monoisotopic (exact) mass is 473 g/mol. The molecule has 168 valence electrons. The largest absolute Gasteiger partial charge is 0.456 e. The van der Waals surface area contributed by atoms with Crippen LogP contribution < -0.4 is 10.5 Å². The number of amides is 2. The first kappa shape index (κ1) is 21.5. The Morgan fingerprint density at radius 1 is 0.971 bits per heavy atom. The van der Waals surface area contributed by atoms with Gasteiger partial charge in [-0.3, -0.25) is 18.8 Å². The van der Waals surface area contributed by atoms with E-state index in [-0.39, 0.29) is 28.9 Å². The van der Waals surface area contributed by atoms with E-state index in [1.165, 1.54) is 28.7 Å². The number of nitrogens with zero attached hydrogens (tertiary/aromatic N) is 3. The number of aryl methyl sites for hydroxylation is 1. The Kier molecular flexibility index (Phi) is 5.22. The molecule has 0 N–H and O–H groups in total. The number of ether oxygens (including phenoxy) is 1. The number of anilines is 1. The fourth-order valence-corrected chi connectivity index (χ4v) is 3.92. The molecule has 2 aromatic carbocycles. The Bertz CT molecular complexity index is 1560. The number of esters is 1. The van der Waals surface area contributed by atoms with Crippen molar-refractivity contribution in [2.24, 2.45) is 0 Å². The normalized spacial score (nSPS) is 12.8. The van der Waals surface area contributed by atoms with Crippen molar-refractivity contribution in [1.82, 2.24) is 9.38 Å². The van der Waals surface area contributed by atoms with Gasteiger partial charge in [0.15, 0.2) is 0 Å². The van der Waals surface area contributed by atoms with Crippen molar-refractivity contribution < 1.29 is 19.1 Å². The Balaban J connectivity index is 1.37. The zero-order valence-electron chi connectivity index (χ0n) is 17.8. The second-order valence-corrected chi connectivity index (χ2v) is 8.17. The summed E-state index contributed by atoms with van der Waals surface area (Å²) >= 11 is 5.89. The van der Waals surface area contributed by atoms with E-state index >= 15 is 0 Å². The van der Waals surface area contributed by atoms with E-state index in [4.69, 9.17) is 16.3 Å². The van der Waals surface area contributed by atoms with Crippen LogP contribution in [0.3, 0.4) is 0 Å². The topological polar surface area (TPSA) is 98.0 Å². The summed E-state index contributed by atoms with van der Waals surface area (Å²) in [5.41, 5.74) is 2.07. The fourth-order valence-electron chi connectivity index (χ4n) is 3.80. The van der Waals surface area contributed by atoms with Crippen LogP contribution in [0, 0.1) is 6.92 Å². The number of benzene rings is 2. The minimum absolute atomic E-state index is 0.103. The number of halogens is 1. The van der Waals surface area contributed by atoms with E-state index in [9.17, 15) is 19.2 Å². The van der Waals surface area contributed by atoms with Gasteiger partial charge < -0.3 is 4.74 Å². The van der Waals surface area contributed by atoms with Gasteiger partial charge in [0.05, 0.1) is 28.1 Å². The molecule has 0 aliphatic carbocycles. The maximum absolute atomic E-state index is 12.9. The summed E-state index contributed by atoms with van der Waals surface area (Å²) in [5.74, 6) is -1.74. The average molecular weight is 474 g/mol. The van der Waals surface area contributed by atoms with Gasteiger partial charge >= 0.3 is 5.97 Å². The van der Waals surface area contributed by atoms with Crippen molar-refractivity contribution in [3.05, 3.63) is 110 Å². The number of hydrogen-bond acceptors (Lipinski definition) is 6. The molecule has 0 fully saturated rings. The summed E-state index contributed by atoms with van der Waals surface area (Å²) in [6.45, 7) is 1.60. The number of carbonyl (C=O) groups excluding carboxylic acids is 3. The molecule has 4 aromatic rings. The van der Waals surface area contributed by atoms with Gasteiger partial charge in [0.2, 0.25) is 0 Å². The van der Waals surface area contributed by atoms with Crippen LogP contribution in [0.1, 0.15) is 42.3 Å². The number of hydrogen-bond donors (Lipinski definition) is 0. The SMILES string of the molecule is Cc1cccn2c(=O)cc(COC(=O)c3ccc4c(c3)C(=O)N(c3ccc(Cl)cc3)C4=O)nc12. The first-order valence-corrected chi connectivity index (χ1v) is 10.6. The summed E-state index contributed by atoms with van der Waals surface area (Å²) in [6.07, 6.45) is 1.61. The minimum atomic E-state index is -0.709. The maximum Gasteiger partial charge on any atom is 0.338 e. The quantitative estimate of drug-likeness (QED) is 0.330. The number of aromatic nitrogens is 2. The summed E-state index contributed by atoms with van der Waals surface area (Å²) in [6, 6.07) is 15.4. The first-order chi connectivity index (χ1) is 16.3. The Morgan fingerprint density at radius 2 is 1.71 bits per heavy atom. The van der Waals surface area contributed by atoms with Crippen molar-refractivity contribution in [3.63, 3.8) is 0 Å². The molecular formula is C25H16ClN3O5. The van der Waals surface area contributed by atoms with Crippen LogP contribution in [-0.2, 0) is 11.3 Å². The Labute approximate surface area is 198 Å². The van der Waals surface area contributed by atoms with E-state index in [2.05, 4.69) is 4.98 Å². The van der Waals surface area contributed by atoms with Crippen LogP contribution in [0.15, 0.2) is 71.7 Å². The molecule has 1 aliphatic heterocycles. The van der Waals surface area contributed by atoms with Gasteiger partial charge in [-0.05, 0) is 61.0 Å². The molecule has 3 heterocycles. The smallest absolute Gasteiger partial charge is 0.338 e. The van der Waals surface area contributed by atoms with Gasteiger partial charge in [-0.25, -0.2) is 14.7 Å². The molecule has 0 bridgehead atoms. The fraction of sp³-hybridized carbons (Fsp3) is 0.0800. The molecule has 0 atom stereocenters. The molecule has 2 amide bonds. The predicted octanol–water partition coefficient (Wildman–Crippen LogP) is 3.81. The number of fused-ring (bicyclic) bond motifs is 2. The molecule has 9 heteroatoms. The predicted molar refractivity (Wildman–Crippen MR) is 124 cm³/mol. The van der Waals surface area contributed by atoms with Crippen molar-refractivity contribution in [1.29, 1.82) is 0 Å². The summed E-state index contributed by atoms with van der Waals surface area (Å²) in [4.78, 5) is 56.1. The van der Waals surface area contributed by atoms with Crippen LogP contribution in [0.5, 0.6) is 0 Å². The van der Waals surface area contributed by atoms with Crippen LogP contribution in [0.2, 0.25) is 5.02 Å². The lowest BCUT2D eigenvalue weighted by Crippen LogP contribution is -2.29. The lowest BCUT2D eigenvalue weighted by molar-refractivity contribution is 0.0467. The molecule has 5 rings (SSSR count). The minimum Gasteiger partial charge on any atom is -0.456 e. The molecule has 0 radical (unpaired) electrons. The number of rotatable bonds is 4. The Morgan fingerprint density at radius 3 is 2.47 bits per heavy atom. The summed E-state index contributed by atoms with van der Waals surface area (Å²) < 4.78 is 6.74. The zero-order valence-corrected chi connectivity index (χ0v) is 18.6. The highest BCUT2D eigenvalue weighted by molar-refractivity contribution is 6.35. The third kappa shape index (κ3) is 3.64. The van der Waals surface area contributed by atoms with Crippen LogP contribution in [0.25, 0.3) is 5.65 Å². The summed E-state index contributed by atoms with van der Waals surface area (Å²) in [5, 5.41) is 0.476. The summed E-state index contributed by atoms with van der Waals surface area (Å²) in [7, 11) is 0. The molecule has 2 aromatic heterocycles. The van der Waals surface area contributed by atoms with Gasteiger partial charge in [-0.15, -0.1) is 0 Å². The van der Waals surface area contributed by atoms with Crippen molar-refractivity contribution in [3.8, 4) is 0 Å². The van der Waals surface area contributed by atoms with Crippen LogP contribution in [0.4, 0.5) is 5.69 Å². The molecule has 34 heavy (non-hydrogen) atoms. The van der Waals surface area contributed by atoms with Gasteiger partial charge in [-0.1, -0.05) is 17.7 Å². The maximum atomic E-state index is 12.9. The molecule has 0 saturated heterocycles. The van der Waals surface area contributed by atoms with E-state index < -0.39 is 17.8 Å². The highest BCUT2D eigenvalue weighted by Gasteiger charge is 2.37. The van der Waals surface area contributed by atoms with Gasteiger partial charge in [-0.2, -0.15) is 0 Å². The van der Waals surface area contributed by atoms with Gasteiger partial charge in [0.25, 0.3) is 17.4 Å². The van der Waals surface area contributed by atoms with E-state index in [1.54, 1.807) is 36.5 Å². The molecular weight excluding hydrogens is 458 g/mol. The van der Waals surface area contributed by atoms with Crippen molar-refractivity contribution in [2.45, 2.75) is 13.5 Å². The Hall–Kier alpha value is -4.30. The number of carbonyl (C=O) groups is 3. The van der Waals surface area contributed by atoms with E-state index in [0.717, 1.165) is 10.5 Å². The lowest BCUT2D eigenvalue weighted by atomic mass is 10.1. The molecule has 8 nitrogen and oxygen atoms in total. The molecule has 0 unspecified atom stereocenters. The van der Waals surface area contributed by atoms with E-state index in [1.807, 2.05) is 13.0 Å². The van der Waals surface area contributed by atoms with Crippen LogP contribution >= 0.6 is 11.6 Å². The standard InChI is InChI=1S/C25H16ClN3O5/c1-14-3-2-10-28-21(30)12-17(27-22(14)28)13-34-25(33)15-4-9-19-20(11-15)24(32)29(23(19)31)18-7-5-16(26)6-8-18/h2-12H,13H2,1H3. The second-order valence-electron chi connectivity index (χ2n) is 7.73. The highest BCUT2D eigenvalue weighted by atomic mass is 35.5. The first-order valence-electron chi connectivity index (χ1n) is 10.3. The third-order valence-electron chi connectivity index (χ3n) is 5.50.